The fraction of sp³-hybridized carbons (Fsp3) is 0.462. The summed E-state index contributed by atoms with van der Waals surface area (Å²) in [5.74, 6) is 0. The summed E-state index contributed by atoms with van der Waals surface area (Å²) >= 11 is 0. The number of halogens is 3. The number of nitro groups is 1. The van der Waals surface area contributed by atoms with Gasteiger partial charge in [0.2, 0.25) is 0 Å². The molecule has 0 spiro atoms. The zero-order chi connectivity index (χ0) is 18.0. The molecular formula is C13H15F3N2O5. The average molecular weight is 336 g/mol. The highest BCUT2D eigenvalue weighted by Gasteiger charge is 2.36. The van der Waals surface area contributed by atoms with Crippen LogP contribution in [0.1, 0.15) is 31.9 Å². The smallest absolute Gasteiger partial charge is 0.440 e. The van der Waals surface area contributed by atoms with Crippen LogP contribution in [0.3, 0.4) is 0 Å². The van der Waals surface area contributed by atoms with Gasteiger partial charge >= 0.3 is 12.3 Å². The van der Waals surface area contributed by atoms with Crippen molar-refractivity contribution in [1.29, 1.82) is 0 Å². The molecule has 128 valence electrons. The maximum atomic E-state index is 12.8. The number of alkyl halides is 3. The lowest BCUT2D eigenvalue weighted by Gasteiger charge is -2.22. The second kappa shape index (κ2) is 6.41. The minimum Gasteiger partial charge on any atom is -0.440 e. The van der Waals surface area contributed by atoms with E-state index >= 15 is 0 Å². The molecule has 23 heavy (non-hydrogen) atoms. The monoisotopic (exact) mass is 336 g/mol. The Morgan fingerprint density at radius 3 is 2.30 bits per heavy atom. The first-order valence-electron chi connectivity index (χ1n) is 6.35. The van der Waals surface area contributed by atoms with Crippen molar-refractivity contribution in [3.8, 4) is 0 Å². The SMILES string of the molecule is CC(C)(C)OC(=O)N(c1ccc(C(F)(F)F)c(CO)c1)[N+](=O)[O-]. The highest BCUT2D eigenvalue weighted by Crippen LogP contribution is 2.34. The molecule has 0 radical (unpaired) electrons. The Morgan fingerprint density at radius 1 is 1.35 bits per heavy atom. The number of hydrogen-bond acceptors (Lipinski definition) is 5. The van der Waals surface area contributed by atoms with E-state index in [0.29, 0.717) is 6.07 Å². The summed E-state index contributed by atoms with van der Waals surface area (Å²) in [6, 6.07) is 2.03. The van der Waals surface area contributed by atoms with E-state index in [1.54, 1.807) is 0 Å². The van der Waals surface area contributed by atoms with E-state index in [1.165, 1.54) is 20.8 Å². The maximum Gasteiger partial charge on any atom is 0.473 e. The molecule has 10 heteroatoms. The molecule has 0 aliphatic rings. The quantitative estimate of drug-likeness (QED) is 0.676. The molecule has 7 nitrogen and oxygen atoms in total. The minimum absolute atomic E-state index is 0.0232. The normalized spacial score (nSPS) is 12.0. The lowest BCUT2D eigenvalue weighted by molar-refractivity contribution is -0.484. The summed E-state index contributed by atoms with van der Waals surface area (Å²) < 4.78 is 43.1. The van der Waals surface area contributed by atoms with Gasteiger partial charge in [0, 0.05) is 5.01 Å². The van der Waals surface area contributed by atoms with E-state index in [0.717, 1.165) is 12.1 Å². The van der Waals surface area contributed by atoms with E-state index in [-0.39, 0.29) is 5.01 Å². The van der Waals surface area contributed by atoms with Crippen LogP contribution in [-0.2, 0) is 17.5 Å². The summed E-state index contributed by atoms with van der Waals surface area (Å²) in [4.78, 5) is 22.9. The van der Waals surface area contributed by atoms with Gasteiger partial charge in [-0.3, -0.25) is 0 Å². The Balaban J connectivity index is 3.29. The molecule has 1 N–H and O–H groups in total. The Hall–Kier alpha value is -2.36. The lowest BCUT2D eigenvalue weighted by Crippen LogP contribution is -2.40. The van der Waals surface area contributed by atoms with Crippen LogP contribution >= 0.6 is 0 Å². The number of hydrazine groups is 1. The number of benzene rings is 1. The summed E-state index contributed by atoms with van der Waals surface area (Å²) in [7, 11) is 0. The minimum atomic E-state index is -4.73. The Bertz CT molecular complexity index is 611. The molecule has 0 saturated heterocycles. The molecule has 0 unspecified atom stereocenters. The van der Waals surface area contributed by atoms with Gasteiger partial charge in [-0.2, -0.15) is 13.2 Å². The summed E-state index contributed by atoms with van der Waals surface area (Å²) in [5, 5.41) is 19.0. The fourth-order valence-electron chi connectivity index (χ4n) is 1.69. The number of aliphatic hydroxyl groups excluding tert-OH is 1. The second-order valence-electron chi connectivity index (χ2n) is 5.53. The molecule has 0 aromatic heterocycles. The molecular weight excluding hydrogens is 321 g/mol. The second-order valence-corrected chi connectivity index (χ2v) is 5.53. The van der Waals surface area contributed by atoms with Crippen LogP contribution < -0.4 is 5.01 Å². The third kappa shape index (κ3) is 4.81. The van der Waals surface area contributed by atoms with E-state index in [4.69, 9.17) is 9.84 Å². The third-order valence-corrected chi connectivity index (χ3v) is 2.54. The molecule has 1 amide bonds. The van der Waals surface area contributed by atoms with Crippen molar-refractivity contribution < 1.29 is 32.8 Å². The number of amides is 1. The first kappa shape index (κ1) is 18.7. The van der Waals surface area contributed by atoms with E-state index in [1.807, 2.05) is 0 Å². The maximum absolute atomic E-state index is 12.8. The fourth-order valence-corrected chi connectivity index (χ4v) is 1.69. The molecule has 0 aliphatic carbocycles. The van der Waals surface area contributed by atoms with Crippen molar-refractivity contribution in [3.63, 3.8) is 0 Å². The zero-order valence-corrected chi connectivity index (χ0v) is 12.5. The van der Waals surface area contributed by atoms with Crippen molar-refractivity contribution in [2.45, 2.75) is 39.2 Å². The molecule has 0 fully saturated rings. The Kier molecular flexibility index (Phi) is 5.20. The number of nitrogens with zero attached hydrogens (tertiary/aromatic N) is 2. The highest BCUT2D eigenvalue weighted by atomic mass is 19.4. The Labute approximate surface area is 129 Å². The van der Waals surface area contributed by atoms with Gasteiger partial charge in [0.15, 0.2) is 5.03 Å². The predicted octanol–water partition coefficient (Wildman–Crippen LogP) is 3.13. The average Bonchev–Trinajstić information content (AvgIpc) is 2.34. The van der Waals surface area contributed by atoms with Crippen LogP contribution in [0.5, 0.6) is 0 Å². The van der Waals surface area contributed by atoms with Gasteiger partial charge in [0.05, 0.1) is 12.2 Å². The number of rotatable bonds is 3. The number of carbonyl (C=O) groups excluding carboxylic acids is 1. The van der Waals surface area contributed by atoms with Crippen LogP contribution in [-0.4, -0.2) is 21.8 Å². The first-order chi connectivity index (χ1) is 10.4. The van der Waals surface area contributed by atoms with Crippen molar-refractivity contribution in [1.82, 2.24) is 0 Å². The van der Waals surface area contributed by atoms with Crippen LogP contribution in [0.2, 0.25) is 0 Å². The van der Waals surface area contributed by atoms with Gasteiger partial charge in [-0.15, -0.1) is 0 Å². The van der Waals surface area contributed by atoms with Gasteiger partial charge in [-0.05, 0) is 44.5 Å². The van der Waals surface area contributed by atoms with Gasteiger partial charge in [0.25, 0.3) is 0 Å². The van der Waals surface area contributed by atoms with Crippen molar-refractivity contribution in [2.75, 3.05) is 5.01 Å². The van der Waals surface area contributed by atoms with Crippen molar-refractivity contribution in [3.05, 3.63) is 39.4 Å². The predicted molar refractivity (Wildman–Crippen MR) is 73.1 cm³/mol. The molecule has 0 saturated carbocycles. The number of carbonyl (C=O) groups is 1. The van der Waals surface area contributed by atoms with Crippen molar-refractivity contribution >= 4 is 11.8 Å². The number of aliphatic hydroxyl groups is 1. The molecule has 0 heterocycles. The molecule has 1 aromatic carbocycles. The highest BCUT2D eigenvalue weighted by molar-refractivity contribution is 5.85. The lowest BCUT2D eigenvalue weighted by atomic mass is 10.1. The molecule has 1 aromatic rings. The van der Waals surface area contributed by atoms with Gasteiger partial charge in [-0.25, -0.2) is 14.9 Å². The van der Waals surface area contributed by atoms with Crippen LogP contribution in [0, 0.1) is 10.1 Å². The van der Waals surface area contributed by atoms with Gasteiger partial charge in [-0.1, -0.05) is 0 Å². The molecule has 0 bridgehead atoms. The van der Waals surface area contributed by atoms with E-state index in [2.05, 4.69) is 0 Å². The van der Waals surface area contributed by atoms with Crippen LogP contribution in [0.25, 0.3) is 0 Å². The number of hydrogen-bond donors (Lipinski definition) is 1. The van der Waals surface area contributed by atoms with Gasteiger partial charge in [0.1, 0.15) is 11.3 Å². The standard InChI is InChI=1S/C13H15F3N2O5/c1-12(2,3)23-11(20)17(18(21)22)9-4-5-10(13(14,15)16)8(6-9)7-19/h4-6,19H,7H2,1-3H3. The Morgan fingerprint density at radius 2 is 1.91 bits per heavy atom. The summed E-state index contributed by atoms with van der Waals surface area (Å²) in [6.45, 7) is 3.45. The van der Waals surface area contributed by atoms with E-state index in [9.17, 15) is 28.1 Å². The number of ether oxygens (including phenoxy) is 1. The summed E-state index contributed by atoms with van der Waals surface area (Å²) in [5.41, 5.74) is -3.22. The zero-order valence-electron chi connectivity index (χ0n) is 12.5. The summed E-state index contributed by atoms with van der Waals surface area (Å²) in [6.07, 6.45) is -6.09. The topological polar surface area (TPSA) is 92.9 Å². The largest absolute Gasteiger partial charge is 0.473 e. The molecule has 0 atom stereocenters. The number of anilines is 1. The van der Waals surface area contributed by atoms with Gasteiger partial charge < -0.3 is 9.84 Å². The third-order valence-electron chi connectivity index (χ3n) is 2.54. The molecule has 1 rings (SSSR count). The van der Waals surface area contributed by atoms with Crippen LogP contribution in [0.15, 0.2) is 18.2 Å². The van der Waals surface area contributed by atoms with Crippen molar-refractivity contribution in [2.24, 2.45) is 0 Å². The van der Waals surface area contributed by atoms with Crippen LogP contribution in [0.4, 0.5) is 23.7 Å². The van der Waals surface area contributed by atoms with E-state index < -0.39 is 46.3 Å². The molecule has 0 aliphatic heterocycles. The first-order valence-corrected chi connectivity index (χ1v) is 6.35.